The largest absolute Gasteiger partial charge is 0.451 e. The van der Waals surface area contributed by atoms with Crippen LogP contribution in [0.5, 0.6) is 11.5 Å². The third kappa shape index (κ3) is 2.18. The number of hydrogen-bond acceptors (Lipinski definition) is 4. The molecule has 3 rings (SSSR count). The summed E-state index contributed by atoms with van der Waals surface area (Å²) in [7, 11) is 0. The average molecular weight is 297 g/mol. The minimum Gasteiger partial charge on any atom is -0.451 e. The van der Waals surface area contributed by atoms with Gasteiger partial charge in [-0.1, -0.05) is 29.3 Å². The Morgan fingerprint density at radius 1 is 1.16 bits per heavy atom. The molecule has 0 spiro atoms. The quantitative estimate of drug-likeness (QED) is 0.678. The summed E-state index contributed by atoms with van der Waals surface area (Å²) in [5.41, 5.74) is 0.603. The van der Waals surface area contributed by atoms with Crippen LogP contribution < -0.4 is 9.64 Å². The fourth-order valence-electron chi connectivity index (χ4n) is 1.63. The summed E-state index contributed by atoms with van der Waals surface area (Å²) >= 11 is 11.8. The van der Waals surface area contributed by atoms with Crippen LogP contribution in [0.3, 0.4) is 0 Å². The maximum Gasteiger partial charge on any atom is 0.290 e. The molecule has 1 aromatic heterocycles. The number of ether oxygens (including phenoxy) is 1. The average Bonchev–Trinajstić information content (AvgIpc) is 2.76. The predicted octanol–water partition coefficient (Wildman–Crippen LogP) is 3.56. The molecule has 0 saturated heterocycles. The van der Waals surface area contributed by atoms with Crippen LogP contribution in [0.2, 0.25) is 10.0 Å². The van der Waals surface area contributed by atoms with Gasteiger partial charge >= 0.3 is 0 Å². The van der Waals surface area contributed by atoms with Crippen molar-refractivity contribution in [1.82, 2.24) is 5.16 Å². The summed E-state index contributed by atoms with van der Waals surface area (Å²) < 4.78 is 10.1. The van der Waals surface area contributed by atoms with Crippen LogP contribution in [-0.4, -0.2) is 5.16 Å². The highest BCUT2D eigenvalue weighted by Crippen LogP contribution is 2.33. The smallest absolute Gasteiger partial charge is 0.290 e. The minimum atomic E-state index is 0.280. The van der Waals surface area contributed by atoms with Crippen LogP contribution in [0.4, 0.5) is 0 Å². The molecule has 7 heteroatoms. The van der Waals surface area contributed by atoms with Gasteiger partial charge in [0.25, 0.3) is 5.52 Å². The molecule has 0 aliphatic rings. The summed E-state index contributed by atoms with van der Waals surface area (Å²) in [4.78, 5) is 0.311. The second-order valence-corrected chi connectivity index (χ2v) is 4.57. The molecule has 3 aromatic rings. The van der Waals surface area contributed by atoms with E-state index in [1.807, 2.05) is 0 Å². The zero-order valence-electron chi connectivity index (χ0n) is 9.34. The first-order valence-electron chi connectivity index (χ1n) is 5.26. The number of rotatable bonds is 2. The van der Waals surface area contributed by atoms with Gasteiger partial charge in [-0.15, -0.1) is 0 Å². The van der Waals surface area contributed by atoms with Crippen LogP contribution in [-0.2, 0) is 0 Å². The van der Waals surface area contributed by atoms with E-state index >= 15 is 0 Å². The predicted molar refractivity (Wildman–Crippen MR) is 69.5 cm³/mol. The van der Waals surface area contributed by atoms with Gasteiger partial charge in [0.15, 0.2) is 5.75 Å². The van der Waals surface area contributed by atoms with Gasteiger partial charge in [0.2, 0.25) is 5.52 Å². The number of fused-ring (bicyclic) bond motifs is 1. The zero-order valence-corrected chi connectivity index (χ0v) is 10.9. The lowest BCUT2D eigenvalue weighted by atomic mass is 10.3. The van der Waals surface area contributed by atoms with Crippen LogP contribution in [0, 0.1) is 5.21 Å². The molecular weight excluding hydrogens is 291 g/mol. The van der Waals surface area contributed by atoms with Crippen molar-refractivity contribution >= 4 is 34.2 Å². The van der Waals surface area contributed by atoms with E-state index in [4.69, 9.17) is 27.9 Å². The summed E-state index contributed by atoms with van der Waals surface area (Å²) in [6.07, 6.45) is 0. The summed E-state index contributed by atoms with van der Waals surface area (Å²) in [6.45, 7) is 0. The molecule has 0 radical (unpaired) electrons. The number of nitrogens with zero attached hydrogens (tertiary/aromatic N) is 2. The molecule has 0 bridgehead atoms. The number of benzene rings is 2. The fraction of sp³-hybridized carbons (Fsp3) is 0. The molecule has 0 aliphatic carbocycles. The molecule has 19 heavy (non-hydrogen) atoms. The molecule has 0 saturated carbocycles. The number of hydrogen-bond donors (Lipinski definition) is 0. The second kappa shape index (κ2) is 4.60. The van der Waals surface area contributed by atoms with E-state index < -0.39 is 0 Å². The van der Waals surface area contributed by atoms with Gasteiger partial charge in [-0.05, 0) is 35.2 Å². The van der Waals surface area contributed by atoms with E-state index in [1.54, 1.807) is 36.4 Å². The monoisotopic (exact) mass is 296 g/mol. The molecule has 0 fully saturated rings. The van der Waals surface area contributed by atoms with Crippen molar-refractivity contribution in [2.24, 2.45) is 0 Å². The third-order valence-corrected chi connectivity index (χ3v) is 3.02. The first-order valence-corrected chi connectivity index (χ1v) is 6.02. The molecule has 2 aromatic carbocycles. The Kier molecular flexibility index (Phi) is 2.93. The maximum atomic E-state index is 11.3. The number of halogens is 2. The summed E-state index contributed by atoms with van der Waals surface area (Å²) in [5, 5.41) is 15.8. The summed E-state index contributed by atoms with van der Waals surface area (Å²) in [5.74, 6) is 0.791. The van der Waals surface area contributed by atoms with Gasteiger partial charge in [0.05, 0.1) is 10.2 Å². The normalized spacial score (nSPS) is 10.8. The Labute approximate surface area is 117 Å². The lowest BCUT2D eigenvalue weighted by molar-refractivity contribution is -0.782. The van der Waals surface area contributed by atoms with Crippen molar-refractivity contribution in [3.05, 3.63) is 51.7 Å². The van der Waals surface area contributed by atoms with Crippen molar-refractivity contribution in [2.45, 2.75) is 0 Å². The minimum absolute atomic E-state index is 0.280. The molecule has 0 unspecified atom stereocenters. The molecule has 5 nitrogen and oxygen atoms in total. The third-order valence-electron chi connectivity index (χ3n) is 2.49. The maximum absolute atomic E-state index is 11.3. The van der Waals surface area contributed by atoms with Crippen LogP contribution in [0.15, 0.2) is 41.0 Å². The van der Waals surface area contributed by atoms with E-state index in [0.29, 0.717) is 32.0 Å². The Morgan fingerprint density at radius 3 is 2.79 bits per heavy atom. The number of aromatic nitrogens is 2. The SMILES string of the molecule is [O-][n+]1onc2c(Oc3ccc(Cl)cc3Cl)cccc21. The highest BCUT2D eigenvalue weighted by molar-refractivity contribution is 6.35. The van der Waals surface area contributed by atoms with Crippen molar-refractivity contribution in [1.29, 1.82) is 0 Å². The van der Waals surface area contributed by atoms with E-state index in [0.717, 1.165) is 0 Å². The standard InChI is InChI=1S/C12H6Cl2N2O3/c13-7-4-5-10(8(14)6-7)18-11-3-1-2-9-12(11)15-19-16(9)17/h1-6H. The van der Waals surface area contributed by atoms with Crippen molar-refractivity contribution in [3.63, 3.8) is 0 Å². The lowest BCUT2D eigenvalue weighted by Crippen LogP contribution is -2.22. The van der Waals surface area contributed by atoms with Gasteiger partial charge < -0.3 is 9.94 Å². The van der Waals surface area contributed by atoms with E-state index in [2.05, 4.69) is 9.79 Å². The van der Waals surface area contributed by atoms with Gasteiger partial charge in [-0.2, -0.15) is 0 Å². The zero-order chi connectivity index (χ0) is 13.4. The van der Waals surface area contributed by atoms with Gasteiger partial charge in [0.1, 0.15) is 5.75 Å². The van der Waals surface area contributed by atoms with Gasteiger partial charge in [0, 0.05) is 5.02 Å². The molecule has 96 valence electrons. The van der Waals surface area contributed by atoms with E-state index in [9.17, 15) is 5.21 Å². The van der Waals surface area contributed by atoms with Crippen LogP contribution in [0.25, 0.3) is 11.0 Å². The Morgan fingerprint density at radius 2 is 2.00 bits per heavy atom. The molecule has 0 aliphatic heterocycles. The first-order chi connectivity index (χ1) is 9.15. The Bertz CT molecular complexity index is 758. The molecule has 0 N–H and O–H groups in total. The highest BCUT2D eigenvalue weighted by atomic mass is 35.5. The summed E-state index contributed by atoms with van der Waals surface area (Å²) in [6, 6.07) is 9.75. The van der Waals surface area contributed by atoms with Crippen molar-refractivity contribution in [2.75, 3.05) is 0 Å². The topological polar surface area (TPSA) is 62.2 Å². The first kappa shape index (κ1) is 12.1. The molecular formula is C12H6Cl2N2O3. The van der Waals surface area contributed by atoms with E-state index in [-0.39, 0.29) is 5.52 Å². The van der Waals surface area contributed by atoms with Gasteiger partial charge in [-0.3, -0.25) is 4.63 Å². The van der Waals surface area contributed by atoms with Crippen molar-refractivity contribution < 1.29 is 14.3 Å². The van der Waals surface area contributed by atoms with Crippen LogP contribution >= 0.6 is 23.2 Å². The highest BCUT2D eigenvalue weighted by Gasteiger charge is 2.16. The molecule has 1 heterocycles. The second-order valence-electron chi connectivity index (χ2n) is 3.73. The van der Waals surface area contributed by atoms with Crippen LogP contribution in [0.1, 0.15) is 0 Å². The Hall–Kier alpha value is -1.98. The van der Waals surface area contributed by atoms with Crippen molar-refractivity contribution in [3.8, 4) is 11.5 Å². The van der Waals surface area contributed by atoms with Gasteiger partial charge in [-0.25, -0.2) is 0 Å². The Balaban J connectivity index is 2.06. The molecule has 0 amide bonds. The molecule has 0 atom stereocenters. The fourth-order valence-corrected chi connectivity index (χ4v) is 2.08. The lowest BCUT2D eigenvalue weighted by Gasteiger charge is -2.06. The van der Waals surface area contributed by atoms with E-state index in [1.165, 1.54) is 0 Å².